The Morgan fingerprint density at radius 1 is 1.24 bits per heavy atom. The zero-order valence-electron chi connectivity index (χ0n) is 19.8. The van der Waals surface area contributed by atoms with Crippen molar-refractivity contribution in [1.29, 1.82) is 0 Å². The fourth-order valence-corrected chi connectivity index (χ4v) is 5.70. The second-order valence-electron chi connectivity index (χ2n) is 8.70. The molecule has 1 aromatic rings. The van der Waals surface area contributed by atoms with E-state index in [-0.39, 0.29) is 41.2 Å². The number of urea groups is 1. The molecule has 10 nitrogen and oxygen atoms in total. The fraction of sp³-hybridized carbons (Fsp3) is 0.609. The van der Waals surface area contributed by atoms with Crippen molar-refractivity contribution in [2.75, 3.05) is 39.6 Å². The van der Waals surface area contributed by atoms with Gasteiger partial charge in [0, 0.05) is 27.2 Å². The Morgan fingerprint density at radius 3 is 2.68 bits per heavy atom. The van der Waals surface area contributed by atoms with Gasteiger partial charge in [0.1, 0.15) is 5.75 Å². The Labute approximate surface area is 204 Å². The lowest BCUT2D eigenvalue weighted by atomic mass is 9.96. The van der Waals surface area contributed by atoms with Crippen molar-refractivity contribution < 1.29 is 23.9 Å². The lowest BCUT2D eigenvalue weighted by Gasteiger charge is -2.50. The Kier molecular flexibility index (Phi) is 7.97. The van der Waals surface area contributed by atoms with Gasteiger partial charge in [-0.15, -0.1) is 11.8 Å². The van der Waals surface area contributed by atoms with E-state index in [1.165, 1.54) is 18.8 Å². The number of nitrogens with zero attached hydrogens (tertiary/aromatic N) is 2. The Bertz CT molecular complexity index is 894. The third-order valence-electron chi connectivity index (χ3n) is 6.43. The summed E-state index contributed by atoms with van der Waals surface area (Å²) in [5, 5.41) is 9.45. The van der Waals surface area contributed by atoms with Gasteiger partial charge in [-0.1, -0.05) is 12.1 Å². The monoisotopic (exact) mass is 491 g/mol. The van der Waals surface area contributed by atoms with Crippen LogP contribution >= 0.6 is 11.8 Å². The Hall–Kier alpha value is -2.34. The highest BCUT2D eigenvalue weighted by Gasteiger charge is 2.51. The number of carbonyl (C=O) groups is 3. The van der Waals surface area contributed by atoms with Gasteiger partial charge < -0.3 is 19.7 Å². The molecule has 3 N–H and O–H groups in total. The molecule has 4 amide bonds. The number of fused-ring (bicyclic) bond motifs is 1. The van der Waals surface area contributed by atoms with Gasteiger partial charge in [0.05, 0.1) is 42.1 Å². The van der Waals surface area contributed by atoms with E-state index in [2.05, 4.69) is 16.0 Å². The van der Waals surface area contributed by atoms with Gasteiger partial charge in [-0.05, 0) is 37.5 Å². The molecule has 4 rings (SSSR count). The first-order chi connectivity index (χ1) is 16.4. The summed E-state index contributed by atoms with van der Waals surface area (Å²) in [6.07, 6.45) is 1.24. The van der Waals surface area contributed by atoms with Crippen LogP contribution in [-0.4, -0.2) is 84.9 Å². The van der Waals surface area contributed by atoms with Crippen molar-refractivity contribution in [1.82, 2.24) is 25.8 Å². The van der Waals surface area contributed by atoms with E-state index in [0.717, 1.165) is 35.7 Å². The van der Waals surface area contributed by atoms with E-state index in [1.807, 2.05) is 31.2 Å². The van der Waals surface area contributed by atoms with Crippen LogP contribution in [0.2, 0.25) is 0 Å². The number of hydrogen-bond acceptors (Lipinski definition) is 8. The largest absolute Gasteiger partial charge is 0.494 e. The van der Waals surface area contributed by atoms with Crippen LogP contribution in [0.25, 0.3) is 0 Å². The molecule has 0 radical (unpaired) electrons. The van der Waals surface area contributed by atoms with Gasteiger partial charge in [0.2, 0.25) is 11.8 Å². The van der Waals surface area contributed by atoms with Gasteiger partial charge >= 0.3 is 6.03 Å². The number of amides is 4. The predicted octanol–water partition coefficient (Wildman–Crippen LogP) is 1.10. The third kappa shape index (κ3) is 5.32. The average molecular weight is 492 g/mol. The summed E-state index contributed by atoms with van der Waals surface area (Å²) in [5.41, 5.74) is 0.947. The van der Waals surface area contributed by atoms with Crippen molar-refractivity contribution in [3.05, 3.63) is 29.8 Å². The second kappa shape index (κ2) is 10.9. The molecule has 5 atom stereocenters. The molecule has 11 heteroatoms. The van der Waals surface area contributed by atoms with Crippen molar-refractivity contribution in [3.63, 3.8) is 0 Å². The van der Waals surface area contributed by atoms with Gasteiger partial charge in [-0.3, -0.25) is 25.1 Å². The van der Waals surface area contributed by atoms with Crippen LogP contribution in [0.3, 0.4) is 0 Å². The van der Waals surface area contributed by atoms with Crippen LogP contribution in [-0.2, 0) is 14.3 Å². The Morgan fingerprint density at radius 2 is 2.00 bits per heavy atom. The topological polar surface area (TPSA) is 112 Å². The SMILES string of the molecule is CCOc1ccc(C2NC(SCC(=O)NCC3CCCO3)C3C(=O)N(C)C(=O)N(C)C3N2)cc1. The minimum absolute atomic E-state index is 0.0765. The molecular weight excluding hydrogens is 458 g/mol. The number of rotatable bonds is 8. The summed E-state index contributed by atoms with van der Waals surface area (Å²) >= 11 is 1.38. The molecule has 5 unspecified atom stereocenters. The normalized spacial score (nSPS) is 29.2. The zero-order valence-corrected chi connectivity index (χ0v) is 20.6. The number of imide groups is 1. The van der Waals surface area contributed by atoms with Crippen LogP contribution in [0, 0.1) is 5.92 Å². The maximum Gasteiger partial charge on any atom is 0.327 e. The summed E-state index contributed by atoms with van der Waals surface area (Å²) in [4.78, 5) is 40.9. The standard InChI is InChI=1S/C23H33N5O5S/c1-4-32-15-9-7-14(8-10-15)19-25-20-18(22(30)28(3)23(31)27(20)2)21(26-19)34-13-17(29)24-12-16-6-5-11-33-16/h7-10,16,18-21,25-26H,4-6,11-13H2,1-3H3,(H,24,29). The van der Waals surface area contributed by atoms with E-state index < -0.39 is 12.1 Å². The quantitative estimate of drug-likeness (QED) is 0.496. The van der Waals surface area contributed by atoms with Gasteiger partial charge in [0.25, 0.3) is 0 Å². The molecule has 3 aliphatic rings. The van der Waals surface area contributed by atoms with Crippen molar-refractivity contribution in [2.24, 2.45) is 5.92 Å². The molecule has 0 spiro atoms. The first-order valence-electron chi connectivity index (χ1n) is 11.7. The number of nitrogens with one attached hydrogen (secondary N) is 3. The zero-order chi connectivity index (χ0) is 24.2. The summed E-state index contributed by atoms with van der Waals surface area (Å²) < 4.78 is 11.1. The number of benzene rings is 1. The second-order valence-corrected chi connectivity index (χ2v) is 9.83. The number of ether oxygens (including phenoxy) is 2. The summed E-state index contributed by atoms with van der Waals surface area (Å²) in [5.74, 6) is 0.0582. The molecule has 1 aromatic carbocycles. The minimum Gasteiger partial charge on any atom is -0.494 e. The van der Waals surface area contributed by atoms with Crippen molar-refractivity contribution >= 4 is 29.6 Å². The van der Waals surface area contributed by atoms with Crippen molar-refractivity contribution in [2.45, 2.75) is 43.6 Å². The van der Waals surface area contributed by atoms with Crippen LogP contribution in [0.15, 0.2) is 24.3 Å². The molecule has 3 saturated heterocycles. The minimum atomic E-state index is -0.539. The van der Waals surface area contributed by atoms with E-state index in [0.29, 0.717) is 13.2 Å². The van der Waals surface area contributed by atoms with E-state index in [9.17, 15) is 14.4 Å². The predicted molar refractivity (Wildman–Crippen MR) is 128 cm³/mol. The molecule has 0 aromatic heterocycles. The maximum absolute atomic E-state index is 13.1. The summed E-state index contributed by atoms with van der Waals surface area (Å²) in [7, 11) is 3.18. The first kappa shape index (κ1) is 24.8. The molecule has 3 aliphatic heterocycles. The van der Waals surface area contributed by atoms with Crippen LogP contribution in [0.4, 0.5) is 4.79 Å². The summed E-state index contributed by atoms with van der Waals surface area (Å²) in [6, 6.07) is 7.33. The molecule has 0 saturated carbocycles. The Balaban J connectivity index is 1.47. The van der Waals surface area contributed by atoms with Crippen molar-refractivity contribution in [3.8, 4) is 5.75 Å². The highest BCUT2D eigenvalue weighted by molar-refractivity contribution is 8.00. The van der Waals surface area contributed by atoms with E-state index >= 15 is 0 Å². The maximum atomic E-state index is 13.1. The first-order valence-corrected chi connectivity index (χ1v) is 12.7. The number of thioether (sulfide) groups is 1. The van der Waals surface area contributed by atoms with Crippen LogP contribution in [0.5, 0.6) is 5.75 Å². The number of carbonyl (C=O) groups excluding carboxylic acids is 3. The van der Waals surface area contributed by atoms with E-state index in [1.54, 1.807) is 11.9 Å². The summed E-state index contributed by atoms with van der Waals surface area (Å²) in [6.45, 7) is 3.76. The molecule has 34 heavy (non-hydrogen) atoms. The molecule has 3 fully saturated rings. The van der Waals surface area contributed by atoms with Gasteiger partial charge in [0.15, 0.2) is 0 Å². The molecule has 186 valence electrons. The molecule has 3 heterocycles. The van der Waals surface area contributed by atoms with E-state index in [4.69, 9.17) is 9.47 Å². The smallest absolute Gasteiger partial charge is 0.327 e. The van der Waals surface area contributed by atoms with Gasteiger partial charge in [-0.25, -0.2) is 4.79 Å². The highest BCUT2D eigenvalue weighted by Crippen LogP contribution is 2.34. The third-order valence-corrected chi connectivity index (χ3v) is 7.64. The van der Waals surface area contributed by atoms with Crippen LogP contribution in [0.1, 0.15) is 31.5 Å². The van der Waals surface area contributed by atoms with Gasteiger partial charge in [-0.2, -0.15) is 0 Å². The fourth-order valence-electron chi connectivity index (χ4n) is 4.56. The molecular formula is C23H33N5O5S. The lowest BCUT2D eigenvalue weighted by Crippen LogP contribution is -2.72. The average Bonchev–Trinajstić information content (AvgIpc) is 3.37. The lowest BCUT2D eigenvalue weighted by molar-refractivity contribution is -0.140. The molecule has 0 bridgehead atoms. The number of hydrogen-bond donors (Lipinski definition) is 3. The van der Waals surface area contributed by atoms with Crippen LogP contribution < -0.4 is 20.7 Å². The highest BCUT2D eigenvalue weighted by atomic mass is 32.2. The molecule has 0 aliphatic carbocycles.